The maximum atomic E-state index is 12.3. The van der Waals surface area contributed by atoms with Crippen molar-refractivity contribution in [1.29, 1.82) is 0 Å². The molecular formula is C19H40N2O2. The Morgan fingerprint density at radius 1 is 1.00 bits per heavy atom. The van der Waals surface area contributed by atoms with Crippen molar-refractivity contribution in [2.24, 2.45) is 11.8 Å². The van der Waals surface area contributed by atoms with Gasteiger partial charge in [0.1, 0.15) is 5.60 Å². The van der Waals surface area contributed by atoms with Crippen molar-refractivity contribution in [2.45, 2.75) is 92.8 Å². The molecule has 0 fully saturated rings. The van der Waals surface area contributed by atoms with Crippen molar-refractivity contribution >= 4 is 6.09 Å². The van der Waals surface area contributed by atoms with Crippen molar-refractivity contribution in [3.8, 4) is 0 Å². The van der Waals surface area contributed by atoms with E-state index in [0.29, 0.717) is 24.4 Å². The first-order valence-electron chi connectivity index (χ1n) is 9.15. The highest BCUT2D eigenvalue weighted by molar-refractivity contribution is 5.68. The molecular weight excluding hydrogens is 288 g/mol. The molecule has 0 spiro atoms. The smallest absolute Gasteiger partial charge is 0.410 e. The minimum atomic E-state index is -0.449. The summed E-state index contributed by atoms with van der Waals surface area (Å²) in [5, 5.41) is 3.64. The largest absolute Gasteiger partial charge is 0.444 e. The molecule has 1 N–H and O–H groups in total. The van der Waals surface area contributed by atoms with E-state index in [1.54, 1.807) is 4.90 Å². The number of ether oxygens (including phenoxy) is 1. The minimum absolute atomic E-state index is 0.139. The Balaban J connectivity index is 4.52. The van der Waals surface area contributed by atoms with E-state index in [-0.39, 0.29) is 12.1 Å². The molecule has 0 bridgehead atoms. The zero-order chi connectivity index (χ0) is 18.2. The van der Waals surface area contributed by atoms with Gasteiger partial charge in [0, 0.05) is 25.2 Å². The molecule has 23 heavy (non-hydrogen) atoms. The number of nitrogens with zero attached hydrogens (tertiary/aromatic N) is 1. The van der Waals surface area contributed by atoms with Crippen LogP contribution in [-0.2, 0) is 4.74 Å². The predicted molar refractivity (Wildman–Crippen MR) is 98.8 cm³/mol. The molecule has 0 atom stereocenters. The molecule has 4 nitrogen and oxygen atoms in total. The van der Waals surface area contributed by atoms with Gasteiger partial charge < -0.3 is 15.0 Å². The number of hydrogen-bond acceptors (Lipinski definition) is 3. The maximum Gasteiger partial charge on any atom is 0.410 e. The van der Waals surface area contributed by atoms with Crippen LogP contribution in [0.3, 0.4) is 0 Å². The van der Waals surface area contributed by atoms with Crippen LogP contribution in [0.1, 0.15) is 75.2 Å². The minimum Gasteiger partial charge on any atom is -0.444 e. The molecule has 0 aromatic carbocycles. The quantitative estimate of drug-likeness (QED) is 0.668. The lowest BCUT2D eigenvalue weighted by atomic mass is 9.95. The fourth-order valence-electron chi connectivity index (χ4n) is 2.67. The molecule has 1 amide bonds. The Morgan fingerprint density at radius 2 is 1.48 bits per heavy atom. The predicted octanol–water partition coefficient (Wildman–Crippen LogP) is 4.68. The van der Waals surface area contributed by atoms with Gasteiger partial charge in [0.15, 0.2) is 0 Å². The number of rotatable bonds is 9. The molecule has 0 aromatic rings. The van der Waals surface area contributed by atoms with Crippen LogP contribution in [0, 0.1) is 11.8 Å². The molecule has 0 aliphatic carbocycles. The number of carbonyl (C=O) groups is 1. The molecule has 0 aliphatic rings. The highest BCUT2D eigenvalue weighted by Gasteiger charge is 2.24. The Bertz CT molecular complexity index is 323. The third kappa shape index (κ3) is 11.4. The van der Waals surface area contributed by atoms with Crippen molar-refractivity contribution in [3.05, 3.63) is 0 Å². The lowest BCUT2D eigenvalue weighted by Crippen LogP contribution is -2.45. The number of hydrogen-bond donors (Lipinski definition) is 1. The van der Waals surface area contributed by atoms with Crippen LogP contribution in [-0.4, -0.2) is 41.8 Å². The molecule has 0 heterocycles. The summed E-state index contributed by atoms with van der Waals surface area (Å²) in [4.78, 5) is 14.1. The number of nitrogens with one attached hydrogen (secondary N) is 1. The fourth-order valence-corrected chi connectivity index (χ4v) is 2.67. The van der Waals surface area contributed by atoms with Crippen molar-refractivity contribution in [3.63, 3.8) is 0 Å². The van der Waals surface area contributed by atoms with Gasteiger partial charge in [-0.05, 0) is 59.3 Å². The fraction of sp³-hybridized carbons (Fsp3) is 0.947. The second-order valence-electron chi connectivity index (χ2n) is 8.68. The molecule has 0 unspecified atom stereocenters. The molecule has 138 valence electrons. The van der Waals surface area contributed by atoms with E-state index in [2.05, 4.69) is 33.0 Å². The van der Waals surface area contributed by atoms with Gasteiger partial charge in [-0.15, -0.1) is 0 Å². The van der Waals surface area contributed by atoms with Crippen molar-refractivity contribution < 1.29 is 9.53 Å². The third-order valence-electron chi connectivity index (χ3n) is 3.55. The average Bonchev–Trinajstić information content (AvgIpc) is 2.29. The van der Waals surface area contributed by atoms with Gasteiger partial charge in [0.05, 0.1) is 0 Å². The van der Waals surface area contributed by atoms with Gasteiger partial charge in [0.25, 0.3) is 0 Å². The summed E-state index contributed by atoms with van der Waals surface area (Å²) in [5.41, 5.74) is -0.449. The van der Waals surface area contributed by atoms with Gasteiger partial charge in [-0.3, -0.25) is 0 Å². The normalized spacial score (nSPS) is 12.6. The Labute approximate surface area is 144 Å². The number of amides is 1. The molecule has 0 aromatic heterocycles. The van der Waals surface area contributed by atoms with E-state index in [1.165, 1.54) is 12.8 Å². The van der Waals surface area contributed by atoms with Crippen LogP contribution in [0.2, 0.25) is 0 Å². The van der Waals surface area contributed by atoms with Gasteiger partial charge in [-0.25, -0.2) is 4.79 Å². The van der Waals surface area contributed by atoms with Crippen LogP contribution >= 0.6 is 0 Å². The summed E-state index contributed by atoms with van der Waals surface area (Å²) in [7, 11) is 0. The molecule has 0 rings (SSSR count). The van der Waals surface area contributed by atoms with E-state index in [4.69, 9.17) is 4.74 Å². The van der Waals surface area contributed by atoms with E-state index in [1.807, 2.05) is 34.6 Å². The molecule has 0 aliphatic heterocycles. The van der Waals surface area contributed by atoms with Crippen LogP contribution < -0.4 is 5.32 Å². The van der Waals surface area contributed by atoms with Crippen molar-refractivity contribution in [1.82, 2.24) is 10.2 Å². The Morgan fingerprint density at radius 3 is 1.83 bits per heavy atom. The monoisotopic (exact) mass is 328 g/mol. The zero-order valence-corrected chi connectivity index (χ0v) is 16.9. The lowest BCUT2D eigenvalue weighted by Gasteiger charge is -2.31. The SMILES string of the molecule is CC(C)CC(CC(C)C)NCCN(C(=O)OC(C)(C)C)C(C)C. The summed E-state index contributed by atoms with van der Waals surface area (Å²) in [6, 6.07) is 0.656. The van der Waals surface area contributed by atoms with Crippen LogP contribution in [0.4, 0.5) is 4.79 Å². The van der Waals surface area contributed by atoms with E-state index in [9.17, 15) is 4.79 Å². The molecule has 4 heteroatoms. The first kappa shape index (κ1) is 22.2. The summed E-state index contributed by atoms with van der Waals surface area (Å²) >= 11 is 0. The topological polar surface area (TPSA) is 41.6 Å². The molecule has 0 radical (unpaired) electrons. The Kier molecular flexibility index (Phi) is 9.83. The van der Waals surface area contributed by atoms with Gasteiger partial charge in [-0.2, -0.15) is 0 Å². The van der Waals surface area contributed by atoms with Gasteiger partial charge in [-0.1, -0.05) is 27.7 Å². The number of carbonyl (C=O) groups excluding carboxylic acids is 1. The molecule has 0 saturated carbocycles. The maximum absolute atomic E-state index is 12.3. The van der Waals surface area contributed by atoms with E-state index >= 15 is 0 Å². The summed E-state index contributed by atoms with van der Waals surface area (Å²) in [5.74, 6) is 1.36. The highest BCUT2D eigenvalue weighted by Crippen LogP contribution is 2.14. The van der Waals surface area contributed by atoms with Crippen LogP contribution in [0.25, 0.3) is 0 Å². The van der Waals surface area contributed by atoms with Gasteiger partial charge >= 0.3 is 6.09 Å². The first-order chi connectivity index (χ1) is 10.4. The van der Waals surface area contributed by atoms with Crippen molar-refractivity contribution in [2.75, 3.05) is 13.1 Å². The summed E-state index contributed by atoms with van der Waals surface area (Å²) in [6.45, 7) is 20.3. The Hall–Kier alpha value is -0.770. The van der Waals surface area contributed by atoms with Crippen LogP contribution in [0.5, 0.6) is 0 Å². The lowest BCUT2D eigenvalue weighted by molar-refractivity contribution is 0.0191. The first-order valence-corrected chi connectivity index (χ1v) is 9.15. The summed E-state index contributed by atoms with van der Waals surface area (Å²) in [6.07, 6.45) is 2.12. The molecule has 0 saturated heterocycles. The van der Waals surface area contributed by atoms with E-state index < -0.39 is 5.60 Å². The second-order valence-corrected chi connectivity index (χ2v) is 8.68. The zero-order valence-electron chi connectivity index (χ0n) is 16.9. The standard InChI is InChI=1S/C19H40N2O2/c1-14(2)12-17(13-15(3)4)20-10-11-21(16(5)6)18(22)23-19(7,8)9/h14-17,20H,10-13H2,1-9H3. The van der Waals surface area contributed by atoms with Gasteiger partial charge in [0.2, 0.25) is 0 Å². The summed E-state index contributed by atoms with van der Waals surface area (Å²) < 4.78 is 5.51. The average molecular weight is 329 g/mol. The van der Waals surface area contributed by atoms with E-state index in [0.717, 1.165) is 6.54 Å². The third-order valence-corrected chi connectivity index (χ3v) is 3.55. The highest BCUT2D eigenvalue weighted by atomic mass is 16.6. The second kappa shape index (κ2) is 10.2. The van der Waals surface area contributed by atoms with Crippen LogP contribution in [0.15, 0.2) is 0 Å².